The number of benzene rings is 2. The number of nitrogen functional groups attached to an aromatic ring is 1. The van der Waals surface area contributed by atoms with Gasteiger partial charge in [-0.05, 0) is 60.6 Å². The standard InChI is InChI=1S/C24H28ClN3O2Si/c1-24(2,3)31(4,5)30-22-13-11-19(14-20(22)26)28-23(29)17-8-12-21(27-15-17)16-6-9-18(25)10-7-16/h6-15H,26H2,1-5H3,(H,28,29). The second kappa shape index (κ2) is 8.73. The van der Waals surface area contributed by atoms with E-state index >= 15 is 0 Å². The third kappa shape index (κ3) is 5.45. The predicted molar refractivity (Wildman–Crippen MR) is 131 cm³/mol. The number of amides is 1. The summed E-state index contributed by atoms with van der Waals surface area (Å²) in [5.74, 6) is 0.395. The van der Waals surface area contributed by atoms with E-state index in [1.807, 2.05) is 36.4 Å². The van der Waals surface area contributed by atoms with E-state index in [-0.39, 0.29) is 10.9 Å². The molecule has 31 heavy (non-hydrogen) atoms. The van der Waals surface area contributed by atoms with Gasteiger partial charge in [0.15, 0.2) is 0 Å². The summed E-state index contributed by atoms with van der Waals surface area (Å²) in [5, 5.41) is 3.60. The Morgan fingerprint density at radius 1 is 1.06 bits per heavy atom. The largest absolute Gasteiger partial charge is 0.542 e. The molecule has 3 N–H and O–H groups in total. The molecule has 0 fully saturated rings. The molecule has 0 aliphatic rings. The lowest BCUT2D eigenvalue weighted by atomic mass is 10.1. The number of aromatic nitrogens is 1. The predicted octanol–water partition coefficient (Wildman–Crippen LogP) is 6.62. The van der Waals surface area contributed by atoms with Crippen LogP contribution in [0.2, 0.25) is 23.2 Å². The highest BCUT2D eigenvalue weighted by Crippen LogP contribution is 2.39. The fourth-order valence-electron chi connectivity index (χ4n) is 2.67. The Morgan fingerprint density at radius 3 is 2.29 bits per heavy atom. The Bertz CT molecular complexity index is 1080. The molecule has 0 aliphatic heterocycles. The summed E-state index contributed by atoms with van der Waals surface area (Å²) in [4.78, 5) is 17.0. The van der Waals surface area contributed by atoms with Gasteiger partial charge < -0.3 is 15.5 Å². The van der Waals surface area contributed by atoms with Gasteiger partial charge in [-0.3, -0.25) is 9.78 Å². The summed E-state index contributed by atoms with van der Waals surface area (Å²) >= 11 is 5.93. The van der Waals surface area contributed by atoms with Crippen LogP contribution in [-0.2, 0) is 0 Å². The van der Waals surface area contributed by atoms with Crippen molar-refractivity contribution in [1.29, 1.82) is 0 Å². The molecule has 5 nitrogen and oxygen atoms in total. The van der Waals surface area contributed by atoms with Gasteiger partial charge in [0.1, 0.15) is 5.75 Å². The average molecular weight is 454 g/mol. The Balaban J connectivity index is 1.70. The Kier molecular flexibility index (Phi) is 6.43. The van der Waals surface area contributed by atoms with E-state index < -0.39 is 8.32 Å². The summed E-state index contributed by atoms with van der Waals surface area (Å²) in [6.45, 7) is 10.9. The van der Waals surface area contributed by atoms with Crippen LogP contribution >= 0.6 is 11.6 Å². The Hall–Kier alpha value is -2.83. The third-order valence-electron chi connectivity index (χ3n) is 5.60. The molecule has 0 spiro atoms. The molecule has 0 unspecified atom stereocenters. The van der Waals surface area contributed by atoms with Crippen molar-refractivity contribution in [3.05, 3.63) is 71.4 Å². The first-order valence-electron chi connectivity index (χ1n) is 10.1. The van der Waals surface area contributed by atoms with E-state index in [9.17, 15) is 4.79 Å². The molecule has 1 heterocycles. The average Bonchev–Trinajstić information content (AvgIpc) is 2.70. The minimum Gasteiger partial charge on any atom is -0.542 e. The maximum absolute atomic E-state index is 12.6. The molecule has 3 rings (SSSR count). The van der Waals surface area contributed by atoms with Crippen molar-refractivity contribution >= 4 is 37.2 Å². The van der Waals surface area contributed by atoms with E-state index in [4.69, 9.17) is 21.8 Å². The fourth-order valence-corrected chi connectivity index (χ4v) is 3.84. The van der Waals surface area contributed by atoms with Crippen LogP contribution in [0, 0.1) is 0 Å². The van der Waals surface area contributed by atoms with E-state index in [2.05, 4.69) is 44.2 Å². The van der Waals surface area contributed by atoms with E-state index in [0.717, 1.165) is 11.3 Å². The number of nitrogens with two attached hydrogens (primary N) is 1. The molecule has 1 amide bonds. The van der Waals surface area contributed by atoms with Crippen molar-refractivity contribution in [2.24, 2.45) is 0 Å². The number of anilines is 2. The van der Waals surface area contributed by atoms with Gasteiger partial charge in [-0.15, -0.1) is 0 Å². The highest BCUT2D eigenvalue weighted by Gasteiger charge is 2.39. The van der Waals surface area contributed by atoms with Crippen LogP contribution in [0.3, 0.4) is 0 Å². The van der Waals surface area contributed by atoms with Crippen LogP contribution in [0.25, 0.3) is 11.3 Å². The summed E-state index contributed by atoms with van der Waals surface area (Å²) in [6, 6.07) is 16.3. The number of carbonyl (C=O) groups excluding carboxylic acids is 1. The van der Waals surface area contributed by atoms with Crippen molar-refractivity contribution in [2.45, 2.75) is 38.9 Å². The molecule has 0 radical (unpaired) electrons. The number of nitrogens with one attached hydrogen (secondary N) is 1. The maximum Gasteiger partial charge on any atom is 0.257 e. The van der Waals surface area contributed by atoms with Gasteiger partial charge in [-0.2, -0.15) is 0 Å². The summed E-state index contributed by atoms with van der Waals surface area (Å²) in [6.07, 6.45) is 1.55. The summed E-state index contributed by atoms with van der Waals surface area (Å²) < 4.78 is 6.29. The van der Waals surface area contributed by atoms with Crippen molar-refractivity contribution in [3.8, 4) is 17.0 Å². The quantitative estimate of drug-likeness (QED) is 0.336. The van der Waals surface area contributed by atoms with Gasteiger partial charge >= 0.3 is 0 Å². The lowest BCUT2D eigenvalue weighted by Gasteiger charge is -2.36. The zero-order valence-electron chi connectivity index (χ0n) is 18.5. The van der Waals surface area contributed by atoms with Crippen molar-refractivity contribution in [3.63, 3.8) is 0 Å². The molecular formula is C24H28ClN3O2Si. The number of pyridine rings is 1. The zero-order valence-corrected chi connectivity index (χ0v) is 20.2. The first-order valence-corrected chi connectivity index (χ1v) is 13.4. The SMILES string of the molecule is CC(C)(C)[Si](C)(C)Oc1ccc(NC(=O)c2ccc(-c3ccc(Cl)cc3)nc2)cc1N. The lowest BCUT2D eigenvalue weighted by molar-refractivity contribution is 0.102. The van der Waals surface area contributed by atoms with Crippen LogP contribution in [0.1, 0.15) is 31.1 Å². The van der Waals surface area contributed by atoms with Gasteiger partial charge in [0.05, 0.1) is 16.9 Å². The summed E-state index contributed by atoms with van der Waals surface area (Å²) in [5.41, 5.74) is 9.46. The van der Waals surface area contributed by atoms with Gasteiger partial charge in [0.25, 0.3) is 14.2 Å². The Morgan fingerprint density at radius 2 is 1.74 bits per heavy atom. The van der Waals surface area contributed by atoms with Crippen LogP contribution in [0.15, 0.2) is 60.8 Å². The molecule has 162 valence electrons. The van der Waals surface area contributed by atoms with Crippen LogP contribution in [0.5, 0.6) is 5.75 Å². The number of carbonyl (C=O) groups is 1. The molecule has 0 atom stereocenters. The highest BCUT2D eigenvalue weighted by atomic mass is 35.5. The van der Waals surface area contributed by atoms with Crippen LogP contribution < -0.4 is 15.5 Å². The topological polar surface area (TPSA) is 77.2 Å². The maximum atomic E-state index is 12.6. The second-order valence-electron chi connectivity index (χ2n) is 9.01. The van der Waals surface area contributed by atoms with Crippen LogP contribution in [-0.4, -0.2) is 19.2 Å². The second-order valence-corrected chi connectivity index (χ2v) is 14.2. The number of hydrogen-bond donors (Lipinski definition) is 2. The molecule has 3 aromatic rings. The van der Waals surface area contributed by atoms with Crippen LogP contribution in [0.4, 0.5) is 11.4 Å². The first-order chi connectivity index (χ1) is 14.5. The number of halogens is 1. The molecule has 2 aromatic carbocycles. The number of rotatable bonds is 5. The van der Waals surface area contributed by atoms with Crippen molar-refractivity contribution in [2.75, 3.05) is 11.1 Å². The van der Waals surface area contributed by atoms with E-state index in [0.29, 0.717) is 27.7 Å². The zero-order chi connectivity index (χ0) is 22.8. The molecule has 0 aliphatic carbocycles. The minimum atomic E-state index is -2.00. The van der Waals surface area contributed by atoms with E-state index in [1.165, 1.54) is 0 Å². The molecule has 0 saturated heterocycles. The first kappa shape index (κ1) is 22.8. The Labute approximate surface area is 189 Å². The van der Waals surface area contributed by atoms with E-state index in [1.54, 1.807) is 24.4 Å². The molecule has 0 saturated carbocycles. The fraction of sp³-hybridized carbons (Fsp3) is 0.250. The normalized spacial score (nSPS) is 11.8. The van der Waals surface area contributed by atoms with Crippen molar-refractivity contribution in [1.82, 2.24) is 4.98 Å². The monoisotopic (exact) mass is 453 g/mol. The third-order valence-corrected chi connectivity index (χ3v) is 10.2. The highest BCUT2D eigenvalue weighted by molar-refractivity contribution is 6.74. The smallest absolute Gasteiger partial charge is 0.257 e. The molecular weight excluding hydrogens is 426 g/mol. The van der Waals surface area contributed by atoms with Gasteiger partial charge in [-0.1, -0.05) is 44.5 Å². The molecule has 0 bridgehead atoms. The van der Waals surface area contributed by atoms with Gasteiger partial charge in [-0.25, -0.2) is 0 Å². The lowest BCUT2D eigenvalue weighted by Crippen LogP contribution is -2.44. The minimum absolute atomic E-state index is 0.0670. The summed E-state index contributed by atoms with van der Waals surface area (Å²) in [7, 11) is -2.00. The van der Waals surface area contributed by atoms with Crippen molar-refractivity contribution < 1.29 is 9.22 Å². The van der Waals surface area contributed by atoms with Gasteiger partial charge in [0, 0.05) is 22.5 Å². The molecule has 1 aromatic heterocycles. The van der Waals surface area contributed by atoms with Gasteiger partial charge in [0.2, 0.25) is 0 Å². The number of hydrogen-bond acceptors (Lipinski definition) is 4. The molecule has 7 heteroatoms. The number of nitrogens with zero attached hydrogens (tertiary/aromatic N) is 1.